The van der Waals surface area contributed by atoms with Crippen molar-refractivity contribution in [2.24, 2.45) is 0 Å². The fourth-order valence-electron chi connectivity index (χ4n) is 1.51. The Hall–Kier alpha value is -1.66. The largest absolute Gasteiger partial charge is 0.480 e. The second kappa shape index (κ2) is 11.0. The van der Waals surface area contributed by atoms with E-state index in [4.69, 9.17) is 14.2 Å². The van der Waals surface area contributed by atoms with Gasteiger partial charge in [-0.1, -0.05) is 13.3 Å². The number of esters is 1. The lowest BCUT2D eigenvalue weighted by Crippen LogP contribution is -2.19. The van der Waals surface area contributed by atoms with Crippen molar-refractivity contribution in [3.63, 3.8) is 0 Å². The van der Waals surface area contributed by atoms with Crippen LogP contribution in [0.25, 0.3) is 0 Å². The second-order valence-electron chi connectivity index (χ2n) is 4.52. The number of hydrogen-bond acceptors (Lipinski definition) is 6. The van der Waals surface area contributed by atoms with Gasteiger partial charge >= 0.3 is 5.97 Å². The molecule has 0 atom stereocenters. The van der Waals surface area contributed by atoms with Crippen molar-refractivity contribution in [3.8, 4) is 5.75 Å². The number of rotatable bonds is 11. The standard InChI is InChI=1S/C15H24N2O4/c1-3-4-8-20-15(18)12-21-14-6-5-13(17-11-14)10-16-7-9-19-2/h5-6,11,16H,3-4,7-10,12H2,1-2H3. The zero-order valence-electron chi connectivity index (χ0n) is 12.8. The van der Waals surface area contributed by atoms with Gasteiger partial charge in [-0.15, -0.1) is 0 Å². The van der Waals surface area contributed by atoms with E-state index < -0.39 is 0 Å². The van der Waals surface area contributed by atoms with Crippen molar-refractivity contribution in [1.29, 1.82) is 0 Å². The van der Waals surface area contributed by atoms with E-state index >= 15 is 0 Å². The molecule has 0 spiro atoms. The molecule has 21 heavy (non-hydrogen) atoms. The summed E-state index contributed by atoms with van der Waals surface area (Å²) in [6.07, 6.45) is 3.47. The third-order valence-electron chi connectivity index (χ3n) is 2.70. The molecular formula is C15H24N2O4. The van der Waals surface area contributed by atoms with Crippen molar-refractivity contribution < 1.29 is 19.0 Å². The SMILES string of the molecule is CCCCOC(=O)COc1ccc(CNCCOC)nc1. The molecule has 0 aliphatic heterocycles. The lowest BCUT2D eigenvalue weighted by molar-refractivity contribution is -0.146. The Kier molecular flexibility index (Phi) is 9.15. The maximum absolute atomic E-state index is 11.4. The van der Waals surface area contributed by atoms with E-state index in [0.717, 1.165) is 25.1 Å². The van der Waals surface area contributed by atoms with Crippen LogP contribution in [0.1, 0.15) is 25.5 Å². The van der Waals surface area contributed by atoms with E-state index in [1.807, 2.05) is 13.0 Å². The van der Waals surface area contributed by atoms with Gasteiger partial charge in [0.1, 0.15) is 5.75 Å². The smallest absolute Gasteiger partial charge is 0.344 e. The molecule has 0 radical (unpaired) electrons. The van der Waals surface area contributed by atoms with Gasteiger partial charge in [-0.05, 0) is 18.6 Å². The molecule has 1 N–H and O–H groups in total. The number of carbonyl (C=O) groups is 1. The summed E-state index contributed by atoms with van der Waals surface area (Å²) in [6, 6.07) is 3.65. The van der Waals surface area contributed by atoms with E-state index in [0.29, 0.717) is 25.5 Å². The summed E-state index contributed by atoms with van der Waals surface area (Å²) >= 11 is 0. The highest BCUT2D eigenvalue weighted by molar-refractivity contribution is 5.71. The first-order valence-electron chi connectivity index (χ1n) is 7.19. The predicted molar refractivity (Wildman–Crippen MR) is 79.2 cm³/mol. The van der Waals surface area contributed by atoms with Crippen LogP contribution < -0.4 is 10.1 Å². The molecule has 1 aromatic rings. The molecule has 0 bridgehead atoms. The Morgan fingerprint density at radius 2 is 2.19 bits per heavy atom. The summed E-state index contributed by atoms with van der Waals surface area (Å²) in [6.45, 7) is 4.52. The van der Waals surface area contributed by atoms with Crippen molar-refractivity contribution in [2.75, 3.05) is 33.5 Å². The summed E-state index contributed by atoms with van der Waals surface area (Å²) in [7, 11) is 1.67. The zero-order valence-corrected chi connectivity index (χ0v) is 12.8. The van der Waals surface area contributed by atoms with Gasteiger partial charge in [-0.2, -0.15) is 0 Å². The predicted octanol–water partition coefficient (Wildman–Crippen LogP) is 1.54. The monoisotopic (exact) mass is 296 g/mol. The van der Waals surface area contributed by atoms with Crippen LogP contribution in [-0.4, -0.2) is 44.4 Å². The minimum atomic E-state index is -0.353. The molecule has 0 aliphatic rings. The quantitative estimate of drug-likeness (QED) is 0.493. The second-order valence-corrected chi connectivity index (χ2v) is 4.52. The molecule has 1 heterocycles. The van der Waals surface area contributed by atoms with Crippen LogP contribution in [0.3, 0.4) is 0 Å². The van der Waals surface area contributed by atoms with Gasteiger partial charge in [0.05, 0.1) is 25.1 Å². The Balaban J connectivity index is 2.22. The molecule has 1 rings (SSSR count). The van der Waals surface area contributed by atoms with Crippen LogP contribution in [-0.2, 0) is 20.8 Å². The number of methoxy groups -OCH3 is 1. The first-order chi connectivity index (χ1) is 10.3. The number of carbonyl (C=O) groups excluding carboxylic acids is 1. The lowest BCUT2D eigenvalue weighted by atomic mass is 10.3. The van der Waals surface area contributed by atoms with Gasteiger partial charge in [0.25, 0.3) is 0 Å². The highest BCUT2D eigenvalue weighted by Crippen LogP contribution is 2.09. The van der Waals surface area contributed by atoms with E-state index in [1.165, 1.54) is 0 Å². The van der Waals surface area contributed by atoms with Crippen molar-refractivity contribution >= 4 is 5.97 Å². The average Bonchev–Trinajstić information content (AvgIpc) is 2.51. The van der Waals surface area contributed by atoms with Gasteiger partial charge in [-0.3, -0.25) is 4.98 Å². The Bertz CT molecular complexity index is 395. The molecule has 0 amide bonds. The number of ether oxygens (including phenoxy) is 3. The summed E-state index contributed by atoms with van der Waals surface area (Å²) in [4.78, 5) is 15.6. The highest BCUT2D eigenvalue weighted by atomic mass is 16.6. The molecule has 1 aromatic heterocycles. The number of aromatic nitrogens is 1. The molecule has 0 saturated carbocycles. The van der Waals surface area contributed by atoms with Crippen LogP contribution in [0.5, 0.6) is 5.75 Å². The summed E-state index contributed by atoms with van der Waals surface area (Å²) in [5.41, 5.74) is 0.906. The maximum atomic E-state index is 11.4. The maximum Gasteiger partial charge on any atom is 0.344 e. The number of pyridine rings is 1. The van der Waals surface area contributed by atoms with Crippen LogP contribution in [0, 0.1) is 0 Å². The molecule has 0 aliphatic carbocycles. The first-order valence-corrected chi connectivity index (χ1v) is 7.19. The Morgan fingerprint density at radius 3 is 2.86 bits per heavy atom. The van der Waals surface area contributed by atoms with Crippen LogP contribution in [0.15, 0.2) is 18.3 Å². The normalized spacial score (nSPS) is 10.4. The fraction of sp³-hybridized carbons (Fsp3) is 0.600. The van der Waals surface area contributed by atoms with Crippen molar-refractivity contribution in [3.05, 3.63) is 24.0 Å². The van der Waals surface area contributed by atoms with Crippen LogP contribution >= 0.6 is 0 Å². The first kappa shape index (κ1) is 17.4. The van der Waals surface area contributed by atoms with E-state index in [2.05, 4.69) is 10.3 Å². The molecule has 0 fully saturated rings. The molecule has 0 saturated heterocycles. The lowest BCUT2D eigenvalue weighted by Gasteiger charge is -2.07. The van der Waals surface area contributed by atoms with Gasteiger partial charge in [0.15, 0.2) is 6.61 Å². The highest BCUT2D eigenvalue weighted by Gasteiger charge is 2.04. The van der Waals surface area contributed by atoms with Crippen molar-refractivity contribution in [1.82, 2.24) is 10.3 Å². The van der Waals surface area contributed by atoms with Gasteiger partial charge in [0.2, 0.25) is 0 Å². The molecule has 0 unspecified atom stereocenters. The van der Waals surface area contributed by atoms with Crippen LogP contribution in [0.2, 0.25) is 0 Å². The van der Waals surface area contributed by atoms with E-state index in [9.17, 15) is 4.79 Å². The number of hydrogen-bond donors (Lipinski definition) is 1. The topological polar surface area (TPSA) is 69.7 Å². The summed E-state index contributed by atoms with van der Waals surface area (Å²) in [5, 5.41) is 3.20. The number of unbranched alkanes of at least 4 members (excludes halogenated alkanes) is 1. The van der Waals surface area contributed by atoms with Crippen molar-refractivity contribution in [2.45, 2.75) is 26.3 Å². The van der Waals surface area contributed by atoms with Crippen LogP contribution in [0.4, 0.5) is 0 Å². The molecule has 118 valence electrons. The molecule has 6 nitrogen and oxygen atoms in total. The summed E-state index contributed by atoms with van der Waals surface area (Å²) < 4.78 is 15.3. The third kappa shape index (κ3) is 8.27. The Morgan fingerprint density at radius 1 is 1.33 bits per heavy atom. The molecular weight excluding hydrogens is 272 g/mol. The molecule has 0 aromatic carbocycles. The van der Waals surface area contributed by atoms with Gasteiger partial charge in [-0.25, -0.2) is 4.79 Å². The van der Waals surface area contributed by atoms with E-state index in [-0.39, 0.29) is 12.6 Å². The zero-order chi connectivity index (χ0) is 15.3. The minimum Gasteiger partial charge on any atom is -0.480 e. The van der Waals surface area contributed by atoms with E-state index in [1.54, 1.807) is 19.4 Å². The number of nitrogens with zero attached hydrogens (tertiary/aromatic N) is 1. The van der Waals surface area contributed by atoms with Gasteiger partial charge in [0, 0.05) is 20.2 Å². The third-order valence-corrected chi connectivity index (χ3v) is 2.70. The molecule has 6 heteroatoms. The minimum absolute atomic E-state index is 0.0865. The average molecular weight is 296 g/mol. The Labute approximate surface area is 125 Å². The number of nitrogens with one attached hydrogen (secondary N) is 1. The van der Waals surface area contributed by atoms with Gasteiger partial charge < -0.3 is 19.5 Å². The fourth-order valence-corrected chi connectivity index (χ4v) is 1.51. The summed E-state index contributed by atoms with van der Waals surface area (Å²) in [5.74, 6) is 0.205.